The molecule has 0 atom stereocenters. The van der Waals surface area contributed by atoms with Gasteiger partial charge in [0.25, 0.3) is 5.69 Å². The molecule has 144 valence electrons. The first-order valence-electron chi connectivity index (χ1n) is 8.21. The largest absolute Gasteiger partial charge is 0.372 e. The van der Waals surface area contributed by atoms with Gasteiger partial charge in [-0.05, 0) is 43.7 Å². The Kier molecular flexibility index (Phi) is 6.48. The summed E-state index contributed by atoms with van der Waals surface area (Å²) in [5.74, 6) is 0. The zero-order chi connectivity index (χ0) is 20.0. The van der Waals surface area contributed by atoms with Crippen molar-refractivity contribution in [1.29, 1.82) is 0 Å². The van der Waals surface area contributed by atoms with E-state index >= 15 is 0 Å². The molecule has 0 aliphatic heterocycles. The lowest BCUT2D eigenvalue weighted by atomic mass is 10.2. The molecule has 2 rings (SSSR count). The first kappa shape index (κ1) is 20.3. The molecule has 3 N–H and O–H groups in total. The Morgan fingerprint density at radius 1 is 1.19 bits per heavy atom. The maximum absolute atomic E-state index is 11.3. The fraction of sp³-hybridized carbons (Fsp3) is 0.235. The van der Waals surface area contributed by atoms with E-state index in [4.69, 9.17) is 5.14 Å². The summed E-state index contributed by atoms with van der Waals surface area (Å²) < 4.78 is 22.7. The van der Waals surface area contributed by atoms with Gasteiger partial charge in [0.1, 0.15) is 5.69 Å². The van der Waals surface area contributed by atoms with Crippen molar-refractivity contribution in [3.05, 3.63) is 58.1 Å². The van der Waals surface area contributed by atoms with E-state index in [2.05, 4.69) is 29.3 Å². The molecule has 0 aliphatic rings. The Labute approximate surface area is 157 Å². The quantitative estimate of drug-likeness (QED) is 0.404. The van der Waals surface area contributed by atoms with Gasteiger partial charge in [0.05, 0.1) is 16.0 Å². The summed E-state index contributed by atoms with van der Waals surface area (Å²) in [7, 11) is -4.03. The zero-order valence-corrected chi connectivity index (χ0v) is 15.8. The smallest absolute Gasteiger partial charge is 0.295 e. The van der Waals surface area contributed by atoms with Crippen LogP contribution in [0.2, 0.25) is 0 Å². The molecule has 0 heterocycles. The predicted octanol–water partition coefficient (Wildman–Crippen LogP) is 2.53. The lowest BCUT2D eigenvalue weighted by Crippen LogP contribution is -2.21. The number of sulfonamides is 1. The van der Waals surface area contributed by atoms with E-state index in [0.717, 1.165) is 30.4 Å². The van der Waals surface area contributed by atoms with Gasteiger partial charge in [0.15, 0.2) is 0 Å². The van der Waals surface area contributed by atoms with Gasteiger partial charge in [0.2, 0.25) is 10.0 Å². The molecular formula is C17H21N5O4S. The van der Waals surface area contributed by atoms with Crippen LogP contribution < -0.4 is 15.5 Å². The number of benzene rings is 2. The van der Waals surface area contributed by atoms with E-state index in [-0.39, 0.29) is 10.6 Å². The zero-order valence-electron chi connectivity index (χ0n) is 15.0. The minimum absolute atomic E-state index is 0.0587. The Balaban J connectivity index is 2.17. The summed E-state index contributed by atoms with van der Waals surface area (Å²) in [5, 5.41) is 20.2. The number of hydrazone groups is 1. The summed E-state index contributed by atoms with van der Waals surface area (Å²) >= 11 is 0. The molecule has 0 aliphatic carbocycles. The Morgan fingerprint density at radius 3 is 2.33 bits per heavy atom. The fourth-order valence-corrected chi connectivity index (χ4v) is 3.00. The van der Waals surface area contributed by atoms with Gasteiger partial charge in [-0.15, -0.1) is 0 Å². The number of rotatable bonds is 8. The second-order valence-corrected chi connectivity index (χ2v) is 7.18. The third-order valence-corrected chi connectivity index (χ3v) is 4.83. The van der Waals surface area contributed by atoms with Crippen molar-refractivity contribution in [2.75, 3.05) is 23.4 Å². The molecule has 0 spiro atoms. The molecule has 0 unspecified atom stereocenters. The van der Waals surface area contributed by atoms with Crippen molar-refractivity contribution >= 4 is 33.3 Å². The van der Waals surface area contributed by atoms with Crippen LogP contribution in [0.5, 0.6) is 0 Å². The topological polar surface area (TPSA) is 131 Å². The number of anilines is 2. The highest BCUT2D eigenvalue weighted by Crippen LogP contribution is 2.27. The second kappa shape index (κ2) is 8.60. The molecule has 2 aromatic rings. The lowest BCUT2D eigenvalue weighted by molar-refractivity contribution is -0.384. The number of nitrogens with zero attached hydrogens (tertiary/aromatic N) is 3. The van der Waals surface area contributed by atoms with Crippen LogP contribution >= 0.6 is 0 Å². The highest BCUT2D eigenvalue weighted by Gasteiger charge is 2.18. The number of nitro benzene ring substituents is 1. The van der Waals surface area contributed by atoms with Crippen molar-refractivity contribution < 1.29 is 13.3 Å². The summed E-state index contributed by atoms with van der Waals surface area (Å²) in [5.41, 5.74) is 4.09. The monoisotopic (exact) mass is 391 g/mol. The Hall–Kier alpha value is -2.98. The molecule has 0 saturated carbocycles. The molecule has 0 aromatic heterocycles. The van der Waals surface area contributed by atoms with Gasteiger partial charge in [0, 0.05) is 24.8 Å². The molecule has 2 aromatic carbocycles. The molecule has 9 nitrogen and oxygen atoms in total. The minimum Gasteiger partial charge on any atom is -0.372 e. The number of hydrogen-bond donors (Lipinski definition) is 2. The van der Waals surface area contributed by atoms with Gasteiger partial charge in [-0.25, -0.2) is 13.6 Å². The van der Waals surface area contributed by atoms with Crippen LogP contribution in [0.3, 0.4) is 0 Å². The molecule has 0 amide bonds. The highest BCUT2D eigenvalue weighted by atomic mass is 32.2. The lowest BCUT2D eigenvalue weighted by Gasteiger charge is -2.20. The van der Waals surface area contributed by atoms with Crippen molar-refractivity contribution in [2.45, 2.75) is 18.7 Å². The van der Waals surface area contributed by atoms with Crippen LogP contribution in [0.1, 0.15) is 19.4 Å². The van der Waals surface area contributed by atoms with Crippen LogP contribution in [0.4, 0.5) is 17.1 Å². The third-order valence-electron chi connectivity index (χ3n) is 3.91. The van der Waals surface area contributed by atoms with Crippen molar-refractivity contribution in [3.63, 3.8) is 0 Å². The molecule has 0 fully saturated rings. The molecule has 10 heteroatoms. The number of hydrogen-bond acceptors (Lipinski definition) is 7. The van der Waals surface area contributed by atoms with Gasteiger partial charge < -0.3 is 4.90 Å². The van der Waals surface area contributed by atoms with E-state index in [1.807, 2.05) is 24.3 Å². The number of nitrogens with two attached hydrogens (primary N) is 1. The average molecular weight is 391 g/mol. The van der Waals surface area contributed by atoms with E-state index in [1.54, 1.807) is 0 Å². The summed E-state index contributed by atoms with van der Waals surface area (Å²) in [4.78, 5) is 12.3. The van der Waals surface area contributed by atoms with E-state index in [0.29, 0.717) is 0 Å². The van der Waals surface area contributed by atoms with Gasteiger partial charge in [-0.3, -0.25) is 15.5 Å². The van der Waals surface area contributed by atoms with Gasteiger partial charge in [-0.1, -0.05) is 12.1 Å². The maximum atomic E-state index is 11.3. The number of primary sulfonamides is 1. The molecule has 27 heavy (non-hydrogen) atoms. The predicted molar refractivity (Wildman–Crippen MR) is 106 cm³/mol. The standard InChI is InChI=1S/C17H21N5O4S/c1-3-21(4-2)14-7-5-13(6-8-14)12-19-20-16-10-9-15(27(18,25)26)11-17(16)22(23)24/h5-12,20H,3-4H2,1-2H3,(H2,18,25,26). The third kappa shape index (κ3) is 5.25. The van der Waals surface area contributed by atoms with Crippen LogP contribution in [-0.2, 0) is 10.0 Å². The molecule has 0 bridgehead atoms. The van der Waals surface area contributed by atoms with Crippen molar-refractivity contribution in [2.24, 2.45) is 10.2 Å². The SMILES string of the molecule is CCN(CC)c1ccc(C=NNc2ccc(S(N)(=O)=O)cc2[N+](=O)[O-])cc1. The summed E-state index contributed by atoms with van der Waals surface area (Å²) in [6.45, 7) is 5.97. The van der Waals surface area contributed by atoms with E-state index in [9.17, 15) is 18.5 Å². The number of nitro groups is 1. The molecule has 0 saturated heterocycles. The van der Waals surface area contributed by atoms with Crippen LogP contribution in [0, 0.1) is 10.1 Å². The average Bonchev–Trinajstić information content (AvgIpc) is 2.63. The minimum atomic E-state index is -4.03. The van der Waals surface area contributed by atoms with Gasteiger partial charge >= 0.3 is 0 Å². The van der Waals surface area contributed by atoms with Crippen LogP contribution in [0.15, 0.2) is 52.5 Å². The Morgan fingerprint density at radius 2 is 1.81 bits per heavy atom. The van der Waals surface area contributed by atoms with Crippen LogP contribution in [-0.4, -0.2) is 32.6 Å². The van der Waals surface area contributed by atoms with E-state index in [1.165, 1.54) is 18.3 Å². The van der Waals surface area contributed by atoms with Crippen molar-refractivity contribution in [1.82, 2.24) is 0 Å². The van der Waals surface area contributed by atoms with E-state index < -0.39 is 20.6 Å². The van der Waals surface area contributed by atoms with Crippen LogP contribution in [0.25, 0.3) is 0 Å². The van der Waals surface area contributed by atoms with Crippen molar-refractivity contribution in [3.8, 4) is 0 Å². The second-order valence-electron chi connectivity index (χ2n) is 5.61. The fourth-order valence-electron chi connectivity index (χ4n) is 2.47. The highest BCUT2D eigenvalue weighted by molar-refractivity contribution is 7.89. The first-order valence-corrected chi connectivity index (χ1v) is 9.76. The maximum Gasteiger partial charge on any atom is 0.295 e. The summed E-state index contributed by atoms with van der Waals surface area (Å²) in [6, 6.07) is 11.0. The Bertz CT molecular complexity index is 938. The van der Waals surface area contributed by atoms with Gasteiger partial charge in [-0.2, -0.15) is 5.10 Å². The summed E-state index contributed by atoms with van der Waals surface area (Å²) in [6.07, 6.45) is 1.52. The molecule has 0 radical (unpaired) electrons. The first-order chi connectivity index (χ1) is 12.8. The normalized spacial score (nSPS) is 11.5. The molecular weight excluding hydrogens is 370 g/mol. The number of nitrogens with one attached hydrogen (secondary N) is 1.